The van der Waals surface area contributed by atoms with E-state index < -0.39 is 0 Å². The number of thiol groups is 1. The molecule has 1 aromatic rings. The van der Waals surface area contributed by atoms with Crippen molar-refractivity contribution in [1.29, 1.82) is 0 Å². The van der Waals surface area contributed by atoms with Gasteiger partial charge in [0.15, 0.2) is 6.29 Å². The Bertz CT molecular complexity index is 247. The fourth-order valence-electron chi connectivity index (χ4n) is 1.36. The van der Waals surface area contributed by atoms with Gasteiger partial charge in [-0.1, -0.05) is 30.3 Å². The highest BCUT2D eigenvalue weighted by Crippen LogP contribution is 2.13. The maximum atomic E-state index is 5.13. The summed E-state index contributed by atoms with van der Waals surface area (Å²) >= 11 is 4.45. The van der Waals surface area contributed by atoms with E-state index in [9.17, 15) is 0 Å². The Balaban J connectivity index is 2.52. The monoisotopic (exact) mass is 212 g/mol. The van der Waals surface area contributed by atoms with Crippen LogP contribution in [0.15, 0.2) is 30.3 Å². The zero-order valence-electron chi connectivity index (χ0n) is 8.51. The number of ether oxygens (including phenoxy) is 2. The van der Waals surface area contributed by atoms with Crippen LogP contribution in [0.1, 0.15) is 5.56 Å². The predicted octanol–water partition coefficient (Wildman–Crippen LogP) is 2.15. The normalized spacial score (nSPS) is 13.1. The van der Waals surface area contributed by atoms with E-state index in [4.69, 9.17) is 9.47 Å². The molecular formula is C11H16O2S. The molecule has 0 aliphatic carbocycles. The minimum Gasteiger partial charge on any atom is -0.355 e. The first kappa shape index (κ1) is 11.6. The van der Waals surface area contributed by atoms with E-state index in [0.717, 1.165) is 6.42 Å². The van der Waals surface area contributed by atoms with Crippen LogP contribution in [0.3, 0.4) is 0 Å². The Morgan fingerprint density at radius 3 is 2.21 bits per heavy atom. The van der Waals surface area contributed by atoms with Gasteiger partial charge in [-0.3, -0.25) is 0 Å². The van der Waals surface area contributed by atoms with E-state index in [1.165, 1.54) is 5.56 Å². The number of benzene rings is 1. The minimum atomic E-state index is -0.251. The highest BCUT2D eigenvalue weighted by Gasteiger charge is 2.16. The van der Waals surface area contributed by atoms with Gasteiger partial charge in [-0.15, -0.1) is 0 Å². The Kier molecular flexibility index (Phi) is 5.01. The van der Waals surface area contributed by atoms with Gasteiger partial charge in [0.05, 0.1) is 5.25 Å². The van der Waals surface area contributed by atoms with Gasteiger partial charge in [0.2, 0.25) is 0 Å². The standard InChI is InChI=1S/C11H16O2S/c1-12-11(13-2)10(14)8-9-6-4-3-5-7-9/h3-7,10-11,14H,8H2,1-2H3. The second kappa shape index (κ2) is 6.06. The second-order valence-corrected chi connectivity index (χ2v) is 3.76. The van der Waals surface area contributed by atoms with Crippen LogP contribution in [-0.4, -0.2) is 25.8 Å². The average Bonchev–Trinajstić information content (AvgIpc) is 2.21. The third-order valence-electron chi connectivity index (χ3n) is 2.07. The molecule has 0 saturated heterocycles. The van der Waals surface area contributed by atoms with Crippen molar-refractivity contribution < 1.29 is 9.47 Å². The van der Waals surface area contributed by atoms with E-state index in [1.54, 1.807) is 14.2 Å². The van der Waals surface area contributed by atoms with Gasteiger partial charge in [-0.2, -0.15) is 12.6 Å². The third kappa shape index (κ3) is 3.33. The lowest BCUT2D eigenvalue weighted by Crippen LogP contribution is -2.27. The van der Waals surface area contributed by atoms with E-state index in [-0.39, 0.29) is 11.5 Å². The van der Waals surface area contributed by atoms with Gasteiger partial charge in [0.1, 0.15) is 0 Å². The summed E-state index contributed by atoms with van der Waals surface area (Å²) in [6.45, 7) is 0. The molecule has 0 heterocycles. The molecule has 0 N–H and O–H groups in total. The number of hydrogen-bond acceptors (Lipinski definition) is 3. The molecule has 1 atom stereocenters. The molecule has 0 fully saturated rings. The maximum Gasteiger partial charge on any atom is 0.168 e. The van der Waals surface area contributed by atoms with Crippen LogP contribution in [-0.2, 0) is 15.9 Å². The average molecular weight is 212 g/mol. The zero-order chi connectivity index (χ0) is 10.4. The molecule has 0 saturated carbocycles. The highest BCUT2D eigenvalue weighted by atomic mass is 32.1. The fourth-order valence-corrected chi connectivity index (χ4v) is 1.82. The molecular weight excluding hydrogens is 196 g/mol. The minimum absolute atomic E-state index is 0.0624. The first-order valence-corrected chi connectivity index (χ1v) is 5.07. The molecule has 0 aliphatic heterocycles. The Morgan fingerprint density at radius 1 is 1.14 bits per heavy atom. The maximum absolute atomic E-state index is 5.13. The Labute approximate surface area is 90.6 Å². The van der Waals surface area contributed by atoms with Crippen molar-refractivity contribution in [2.24, 2.45) is 0 Å². The Hall–Kier alpha value is -0.510. The molecule has 0 spiro atoms. The van der Waals surface area contributed by atoms with Crippen LogP contribution in [0, 0.1) is 0 Å². The van der Waals surface area contributed by atoms with Crippen molar-refractivity contribution in [2.45, 2.75) is 18.0 Å². The van der Waals surface area contributed by atoms with Crippen LogP contribution < -0.4 is 0 Å². The first-order chi connectivity index (χ1) is 6.77. The Morgan fingerprint density at radius 2 is 1.71 bits per heavy atom. The molecule has 0 radical (unpaired) electrons. The number of rotatable bonds is 5. The predicted molar refractivity (Wildman–Crippen MR) is 60.7 cm³/mol. The first-order valence-electron chi connectivity index (χ1n) is 4.55. The van der Waals surface area contributed by atoms with Crippen LogP contribution in [0.2, 0.25) is 0 Å². The molecule has 1 unspecified atom stereocenters. The van der Waals surface area contributed by atoms with Gasteiger partial charge >= 0.3 is 0 Å². The van der Waals surface area contributed by atoms with Crippen molar-refractivity contribution in [3.63, 3.8) is 0 Å². The van der Waals surface area contributed by atoms with Crippen LogP contribution in [0.4, 0.5) is 0 Å². The highest BCUT2D eigenvalue weighted by molar-refractivity contribution is 7.81. The molecule has 1 aromatic carbocycles. The van der Waals surface area contributed by atoms with Crippen LogP contribution in [0.5, 0.6) is 0 Å². The van der Waals surface area contributed by atoms with E-state index in [1.807, 2.05) is 18.2 Å². The molecule has 14 heavy (non-hydrogen) atoms. The summed E-state index contributed by atoms with van der Waals surface area (Å²) in [5.41, 5.74) is 1.24. The van der Waals surface area contributed by atoms with Crippen molar-refractivity contribution >= 4 is 12.6 Å². The summed E-state index contributed by atoms with van der Waals surface area (Å²) in [6.07, 6.45) is 0.592. The molecule has 0 aromatic heterocycles. The molecule has 3 heteroatoms. The molecule has 0 bridgehead atoms. The number of methoxy groups -OCH3 is 2. The van der Waals surface area contributed by atoms with Gasteiger partial charge in [0.25, 0.3) is 0 Å². The van der Waals surface area contributed by atoms with Crippen molar-refractivity contribution in [3.05, 3.63) is 35.9 Å². The largest absolute Gasteiger partial charge is 0.355 e. The second-order valence-electron chi connectivity index (χ2n) is 3.10. The summed E-state index contributed by atoms with van der Waals surface area (Å²) in [4.78, 5) is 0. The van der Waals surface area contributed by atoms with Crippen molar-refractivity contribution in [3.8, 4) is 0 Å². The van der Waals surface area contributed by atoms with Gasteiger partial charge in [0, 0.05) is 14.2 Å². The van der Waals surface area contributed by atoms with Gasteiger partial charge in [-0.05, 0) is 12.0 Å². The fraction of sp³-hybridized carbons (Fsp3) is 0.455. The lowest BCUT2D eigenvalue weighted by Gasteiger charge is -2.20. The summed E-state index contributed by atoms with van der Waals surface area (Å²) < 4.78 is 10.3. The summed E-state index contributed by atoms with van der Waals surface area (Å²) in [6, 6.07) is 10.2. The summed E-state index contributed by atoms with van der Waals surface area (Å²) in [5.74, 6) is 0. The number of hydrogen-bond donors (Lipinski definition) is 1. The van der Waals surface area contributed by atoms with Gasteiger partial charge in [-0.25, -0.2) is 0 Å². The zero-order valence-corrected chi connectivity index (χ0v) is 9.41. The summed E-state index contributed by atoms with van der Waals surface area (Å²) in [7, 11) is 3.25. The van der Waals surface area contributed by atoms with E-state index >= 15 is 0 Å². The topological polar surface area (TPSA) is 18.5 Å². The lowest BCUT2D eigenvalue weighted by molar-refractivity contribution is -0.101. The SMILES string of the molecule is COC(OC)C(S)Cc1ccccc1. The lowest BCUT2D eigenvalue weighted by atomic mass is 10.1. The smallest absolute Gasteiger partial charge is 0.168 e. The summed E-state index contributed by atoms with van der Waals surface area (Å²) in [5, 5.41) is 0.0624. The van der Waals surface area contributed by atoms with E-state index in [2.05, 4.69) is 24.8 Å². The van der Waals surface area contributed by atoms with E-state index in [0.29, 0.717) is 0 Å². The third-order valence-corrected chi connectivity index (χ3v) is 2.49. The molecule has 2 nitrogen and oxygen atoms in total. The molecule has 1 rings (SSSR count). The quantitative estimate of drug-likeness (QED) is 0.595. The molecule has 78 valence electrons. The molecule has 0 amide bonds. The van der Waals surface area contributed by atoms with Crippen LogP contribution >= 0.6 is 12.6 Å². The molecule has 0 aliphatic rings. The van der Waals surface area contributed by atoms with Gasteiger partial charge < -0.3 is 9.47 Å². The van der Waals surface area contributed by atoms with Crippen LogP contribution in [0.25, 0.3) is 0 Å². The van der Waals surface area contributed by atoms with Crippen molar-refractivity contribution in [1.82, 2.24) is 0 Å². The van der Waals surface area contributed by atoms with Crippen molar-refractivity contribution in [2.75, 3.05) is 14.2 Å².